The Morgan fingerprint density at radius 1 is 1.20 bits per heavy atom. The number of nitrogens with one attached hydrogen (secondary N) is 3. The Balaban J connectivity index is 1.66. The zero-order chi connectivity index (χ0) is 13.8. The molecular weight excluding hydrogens is 254 g/mol. The second-order valence-electron chi connectivity index (χ2n) is 4.92. The molecule has 1 aliphatic heterocycles. The van der Waals surface area contributed by atoms with Gasteiger partial charge in [-0.3, -0.25) is 14.9 Å². The second-order valence-corrected chi connectivity index (χ2v) is 4.92. The highest BCUT2D eigenvalue weighted by molar-refractivity contribution is 5.92. The molecule has 3 rings (SSSR count). The number of amides is 1. The van der Waals surface area contributed by atoms with Crippen molar-refractivity contribution in [3.8, 4) is 11.1 Å². The molecule has 6 nitrogen and oxygen atoms in total. The van der Waals surface area contributed by atoms with Crippen molar-refractivity contribution in [3.05, 3.63) is 36.4 Å². The van der Waals surface area contributed by atoms with Crippen LogP contribution in [0.15, 0.2) is 30.7 Å². The van der Waals surface area contributed by atoms with Gasteiger partial charge in [0.15, 0.2) is 0 Å². The smallest absolute Gasteiger partial charge is 0.270 e. The molecule has 6 heteroatoms. The van der Waals surface area contributed by atoms with E-state index in [1.54, 1.807) is 24.7 Å². The Morgan fingerprint density at radius 2 is 2.05 bits per heavy atom. The van der Waals surface area contributed by atoms with Crippen LogP contribution < -0.4 is 10.6 Å². The van der Waals surface area contributed by atoms with Crippen LogP contribution in [0.4, 0.5) is 0 Å². The lowest BCUT2D eigenvalue weighted by Gasteiger charge is -2.23. The molecule has 0 aromatic carbocycles. The number of carbonyl (C=O) groups excluding carboxylic acids is 1. The molecule has 0 bridgehead atoms. The maximum Gasteiger partial charge on any atom is 0.270 e. The number of H-pyrrole nitrogens is 1. The van der Waals surface area contributed by atoms with E-state index in [0.717, 1.165) is 37.1 Å². The number of aromatic nitrogens is 3. The molecule has 20 heavy (non-hydrogen) atoms. The monoisotopic (exact) mass is 271 g/mol. The number of pyridine rings is 1. The van der Waals surface area contributed by atoms with Crippen molar-refractivity contribution in [1.29, 1.82) is 0 Å². The molecule has 0 radical (unpaired) electrons. The SMILES string of the molecule is O=C(NC1CCNCC1)c1ccc(-c2cn[nH]c2)cn1. The summed E-state index contributed by atoms with van der Waals surface area (Å²) in [5, 5.41) is 13.0. The van der Waals surface area contributed by atoms with E-state index in [1.807, 2.05) is 6.07 Å². The van der Waals surface area contributed by atoms with Gasteiger partial charge in [0, 0.05) is 29.6 Å². The first kappa shape index (κ1) is 12.8. The van der Waals surface area contributed by atoms with Gasteiger partial charge in [0.2, 0.25) is 0 Å². The van der Waals surface area contributed by atoms with Crippen molar-refractivity contribution < 1.29 is 4.79 Å². The third-order valence-electron chi connectivity index (χ3n) is 3.50. The van der Waals surface area contributed by atoms with Gasteiger partial charge in [0.05, 0.1) is 6.20 Å². The molecule has 2 aromatic heterocycles. The third kappa shape index (κ3) is 2.85. The summed E-state index contributed by atoms with van der Waals surface area (Å²) in [6.07, 6.45) is 7.16. The molecule has 2 aromatic rings. The molecule has 0 spiro atoms. The highest BCUT2D eigenvalue weighted by Crippen LogP contribution is 2.16. The van der Waals surface area contributed by atoms with Gasteiger partial charge in [-0.25, -0.2) is 0 Å². The van der Waals surface area contributed by atoms with Crippen LogP contribution >= 0.6 is 0 Å². The summed E-state index contributed by atoms with van der Waals surface area (Å²) in [4.78, 5) is 16.3. The van der Waals surface area contributed by atoms with Crippen molar-refractivity contribution in [2.45, 2.75) is 18.9 Å². The van der Waals surface area contributed by atoms with Crippen LogP contribution in [0.2, 0.25) is 0 Å². The normalized spacial score (nSPS) is 16.0. The molecule has 104 valence electrons. The molecule has 1 aliphatic rings. The fourth-order valence-corrected chi connectivity index (χ4v) is 2.33. The largest absolute Gasteiger partial charge is 0.348 e. The number of hydrogen-bond donors (Lipinski definition) is 3. The van der Waals surface area contributed by atoms with Crippen molar-refractivity contribution in [1.82, 2.24) is 25.8 Å². The predicted octanol–water partition coefficient (Wildman–Crippen LogP) is 0.953. The minimum Gasteiger partial charge on any atom is -0.348 e. The minimum atomic E-state index is -0.101. The van der Waals surface area contributed by atoms with E-state index in [-0.39, 0.29) is 11.9 Å². The Hall–Kier alpha value is -2.21. The van der Waals surface area contributed by atoms with Gasteiger partial charge in [-0.1, -0.05) is 6.07 Å². The van der Waals surface area contributed by atoms with Gasteiger partial charge in [-0.15, -0.1) is 0 Å². The average molecular weight is 271 g/mol. The van der Waals surface area contributed by atoms with E-state index in [9.17, 15) is 4.79 Å². The molecular formula is C14H17N5O. The highest BCUT2D eigenvalue weighted by Gasteiger charge is 2.17. The van der Waals surface area contributed by atoms with Crippen molar-refractivity contribution in [3.63, 3.8) is 0 Å². The number of hydrogen-bond acceptors (Lipinski definition) is 4. The van der Waals surface area contributed by atoms with Gasteiger partial charge in [0.1, 0.15) is 5.69 Å². The zero-order valence-corrected chi connectivity index (χ0v) is 11.1. The Morgan fingerprint density at radius 3 is 2.70 bits per heavy atom. The van der Waals surface area contributed by atoms with E-state index < -0.39 is 0 Å². The number of carbonyl (C=O) groups is 1. The van der Waals surface area contributed by atoms with Gasteiger partial charge >= 0.3 is 0 Å². The first-order chi connectivity index (χ1) is 9.83. The van der Waals surface area contributed by atoms with Crippen LogP contribution in [0.3, 0.4) is 0 Å². The van der Waals surface area contributed by atoms with Crippen LogP contribution in [-0.2, 0) is 0 Å². The van der Waals surface area contributed by atoms with Crippen LogP contribution in [0.25, 0.3) is 11.1 Å². The summed E-state index contributed by atoms with van der Waals surface area (Å²) in [6, 6.07) is 3.88. The van der Waals surface area contributed by atoms with E-state index in [2.05, 4.69) is 25.8 Å². The summed E-state index contributed by atoms with van der Waals surface area (Å²) >= 11 is 0. The highest BCUT2D eigenvalue weighted by atomic mass is 16.1. The van der Waals surface area contributed by atoms with Crippen LogP contribution in [0.1, 0.15) is 23.3 Å². The van der Waals surface area contributed by atoms with Gasteiger partial charge < -0.3 is 10.6 Å². The Kier molecular flexibility index (Phi) is 3.73. The Bertz CT molecular complexity index is 558. The number of aromatic amines is 1. The number of rotatable bonds is 3. The average Bonchev–Trinajstić information content (AvgIpc) is 3.03. The van der Waals surface area contributed by atoms with Crippen molar-refractivity contribution in [2.75, 3.05) is 13.1 Å². The van der Waals surface area contributed by atoms with E-state index in [1.165, 1.54) is 0 Å². The summed E-state index contributed by atoms with van der Waals surface area (Å²) in [5.74, 6) is -0.101. The van der Waals surface area contributed by atoms with Crippen molar-refractivity contribution >= 4 is 5.91 Å². The quantitative estimate of drug-likeness (QED) is 0.776. The molecule has 0 atom stereocenters. The maximum atomic E-state index is 12.1. The summed E-state index contributed by atoms with van der Waals surface area (Å²) in [5.41, 5.74) is 2.36. The molecule has 1 amide bonds. The fourth-order valence-electron chi connectivity index (χ4n) is 2.33. The summed E-state index contributed by atoms with van der Waals surface area (Å²) in [6.45, 7) is 1.91. The first-order valence-electron chi connectivity index (χ1n) is 6.80. The number of piperidine rings is 1. The lowest BCUT2D eigenvalue weighted by Crippen LogP contribution is -2.42. The van der Waals surface area contributed by atoms with Crippen LogP contribution in [0.5, 0.6) is 0 Å². The lowest BCUT2D eigenvalue weighted by molar-refractivity contribution is 0.0924. The molecule has 3 heterocycles. The molecule has 0 saturated carbocycles. The number of nitrogens with zero attached hydrogens (tertiary/aromatic N) is 2. The second kappa shape index (κ2) is 5.83. The van der Waals surface area contributed by atoms with Gasteiger partial charge in [0.25, 0.3) is 5.91 Å². The Labute approximate surface area is 117 Å². The fraction of sp³-hybridized carbons (Fsp3) is 0.357. The molecule has 1 saturated heterocycles. The predicted molar refractivity (Wildman–Crippen MR) is 75.2 cm³/mol. The van der Waals surface area contributed by atoms with Crippen LogP contribution in [0, 0.1) is 0 Å². The zero-order valence-electron chi connectivity index (χ0n) is 11.1. The topological polar surface area (TPSA) is 82.7 Å². The van der Waals surface area contributed by atoms with E-state index in [4.69, 9.17) is 0 Å². The van der Waals surface area contributed by atoms with Crippen molar-refractivity contribution in [2.24, 2.45) is 0 Å². The minimum absolute atomic E-state index is 0.101. The first-order valence-corrected chi connectivity index (χ1v) is 6.80. The molecule has 1 fully saturated rings. The van der Waals surface area contributed by atoms with E-state index >= 15 is 0 Å². The molecule has 0 unspecified atom stereocenters. The maximum absolute atomic E-state index is 12.1. The van der Waals surface area contributed by atoms with Crippen LogP contribution in [-0.4, -0.2) is 40.2 Å². The van der Waals surface area contributed by atoms with Gasteiger partial charge in [-0.05, 0) is 32.0 Å². The molecule has 3 N–H and O–H groups in total. The van der Waals surface area contributed by atoms with Gasteiger partial charge in [-0.2, -0.15) is 5.10 Å². The van der Waals surface area contributed by atoms with E-state index in [0.29, 0.717) is 5.69 Å². The third-order valence-corrected chi connectivity index (χ3v) is 3.50. The lowest BCUT2D eigenvalue weighted by atomic mass is 10.1. The summed E-state index contributed by atoms with van der Waals surface area (Å²) < 4.78 is 0. The molecule has 0 aliphatic carbocycles. The summed E-state index contributed by atoms with van der Waals surface area (Å²) in [7, 11) is 0. The standard InChI is InChI=1S/C14H17N5O/c20-14(19-12-3-5-15-6-4-12)13-2-1-10(7-16-13)11-8-17-18-9-11/h1-2,7-9,12,15H,3-6H2,(H,17,18)(H,19,20).